The molecule has 2 heterocycles. The third-order valence-corrected chi connectivity index (χ3v) is 6.66. The normalized spacial score (nSPS) is 24.0. The first-order chi connectivity index (χ1) is 14.2. The zero-order valence-corrected chi connectivity index (χ0v) is 16.6. The number of rotatable bonds is 3. The lowest BCUT2D eigenvalue weighted by atomic mass is 9.77. The highest BCUT2D eigenvalue weighted by atomic mass is 19.1. The highest BCUT2D eigenvalue weighted by Crippen LogP contribution is 2.43. The van der Waals surface area contributed by atoms with Gasteiger partial charge >= 0.3 is 0 Å². The van der Waals surface area contributed by atoms with Gasteiger partial charge in [-0.2, -0.15) is 5.10 Å². The predicted octanol–water partition coefficient (Wildman–Crippen LogP) is 2.74. The van der Waals surface area contributed by atoms with Gasteiger partial charge in [0.25, 0.3) is 5.91 Å². The van der Waals surface area contributed by atoms with E-state index in [0.717, 1.165) is 42.8 Å². The van der Waals surface area contributed by atoms with E-state index in [-0.39, 0.29) is 23.7 Å². The summed E-state index contributed by atoms with van der Waals surface area (Å²) in [4.78, 5) is 14.7. The monoisotopic (exact) mass is 392 g/mol. The molecule has 1 fully saturated rings. The minimum Gasteiger partial charge on any atom is -0.327 e. The molecule has 2 aromatic rings. The Bertz CT molecular complexity index is 933. The molecular formula is C24H27FN3O+. The third-order valence-electron chi connectivity index (χ3n) is 6.66. The highest BCUT2D eigenvalue weighted by molar-refractivity contribution is 6.06. The lowest BCUT2D eigenvalue weighted by molar-refractivity contribution is -0.897. The van der Waals surface area contributed by atoms with E-state index in [2.05, 4.69) is 18.2 Å². The number of likely N-dealkylation sites (tertiary alicyclic amines) is 1. The van der Waals surface area contributed by atoms with Crippen molar-refractivity contribution in [3.63, 3.8) is 0 Å². The molecular weight excluding hydrogens is 365 g/mol. The molecule has 1 aliphatic carbocycles. The summed E-state index contributed by atoms with van der Waals surface area (Å²) in [5.41, 5.74) is 4.45. The highest BCUT2D eigenvalue weighted by Gasteiger charge is 2.44. The number of fused-ring (bicyclic) bond motifs is 3. The van der Waals surface area contributed by atoms with Crippen LogP contribution in [0.15, 0.2) is 53.6 Å². The number of halogens is 1. The van der Waals surface area contributed by atoms with Crippen molar-refractivity contribution in [1.82, 2.24) is 5.01 Å². The van der Waals surface area contributed by atoms with Crippen LogP contribution in [0.3, 0.4) is 0 Å². The van der Waals surface area contributed by atoms with E-state index in [9.17, 15) is 9.18 Å². The summed E-state index contributed by atoms with van der Waals surface area (Å²) in [7, 11) is 0. The van der Waals surface area contributed by atoms with Gasteiger partial charge in [-0.25, -0.2) is 9.40 Å². The molecule has 0 bridgehead atoms. The fraction of sp³-hybridized carbons (Fsp3) is 0.417. The summed E-state index contributed by atoms with van der Waals surface area (Å²) in [6.45, 7) is 2.61. The Kier molecular flexibility index (Phi) is 4.92. The lowest BCUT2D eigenvalue weighted by Crippen LogP contribution is -3.13. The SMILES string of the molecule is O=C(C[NH+]1CCCCC1)N1N=C2c3ccccc3CC[C@@H]2[C@H]1c1ccc(F)cc1. The van der Waals surface area contributed by atoms with Gasteiger partial charge in [-0.3, -0.25) is 4.79 Å². The van der Waals surface area contributed by atoms with Gasteiger partial charge in [0, 0.05) is 11.5 Å². The van der Waals surface area contributed by atoms with Gasteiger partial charge in [-0.1, -0.05) is 36.4 Å². The molecule has 1 amide bonds. The number of nitrogens with one attached hydrogen (secondary N) is 1. The van der Waals surface area contributed by atoms with Crippen molar-refractivity contribution in [1.29, 1.82) is 0 Å². The molecule has 1 N–H and O–H groups in total. The topological polar surface area (TPSA) is 37.1 Å². The largest absolute Gasteiger partial charge is 0.327 e. The van der Waals surface area contributed by atoms with E-state index in [0.29, 0.717) is 6.54 Å². The maximum atomic E-state index is 13.6. The van der Waals surface area contributed by atoms with Crippen molar-refractivity contribution >= 4 is 11.6 Å². The van der Waals surface area contributed by atoms with Gasteiger partial charge < -0.3 is 4.90 Å². The second-order valence-corrected chi connectivity index (χ2v) is 8.51. The first-order valence-electron chi connectivity index (χ1n) is 10.8. The number of hydrogen-bond acceptors (Lipinski definition) is 2. The average molecular weight is 392 g/mol. The second kappa shape index (κ2) is 7.71. The van der Waals surface area contributed by atoms with Gasteiger partial charge in [-0.05, 0) is 55.4 Å². The molecule has 2 aliphatic heterocycles. The van der Waals surface area contributed by atoms with Crippen LogP contribution in [-0.4, -0.2) is 36.3 Å². The van der Waals surface area contributed by atoms with Crippen LogP contribution in [0, 0.1) is 11.7 Å². The Morgan fingerprint density at radius 2 is 1.83 bits per heavy atom. The fourth-order valence-electron chi connectivity index (χ4n) is 5.19. The average Bonchev–Trinajstić information content (AvgIpc) is 3.15. The molecule has 0 spiro atoms. The van der Waals surface area contributed by atoms with Crippen molar-refractivity contribution < 1.29 is 14.1 Å². The van der Waals surface area contributed by atoms with Gasteiger partial charge in [-0.15, -0.1) is 0 Å². The molecule has 1 saturated heterocycles. The number of quaternary nitrogens is 1. The molecule has 0 aromatic heterocycles. The summed E-state index contributed by atoms with van der Waals surface area (Å²) in [5, 5.41) is 6.61. The van der Waals surface area contributed by atoms with E-state index < -0.39 is 0 Å². The first-order valence-corrected chi connectivity index (χ1v) is 10.8. The lowest BCUT2D eigenvalue weighted by Gasteiger charge is -2.30. The number of hydrogen-bond donors (Lipinski definition) is 1. The fourth-order valence-corrected chi connectivity index (χ4v) is 5.19. The number of amides is 1. The Labute approximate surface area is 171 Å². The van der Waals surface area contributed by atoms with Crippen molar-refractivity contribution in [3.8, 4) is 0 Å². The van der Waals surface area contributed by atoms with Crippen LogP contribution in [-0.2, 0) is 11.2 Å². The summed E-state index contributed by atoms with van der Waals surface area (Å²) in [6.07, 6.45) is 5.58. The standard InChI is InChI=1S/C24H26FN3O/c25-19-11-8-18(9-12-19)24-21-13-10-17-6-2-3-7-20(17)23(21)26-28(24)22(29)16-27-14-4-1-5-15-27/h2-3,6-9,11-12,21,24H,1,4-5,10,13-16H2/p+1/t21-,24+/m0/s1. The number of benzene rings is 2. The maximum absolute atomic E-state index is 13.6. The van der Waals surface area contributed by atoms with E-state index in [1.807, 2.05) is 18.2 Å². The van der Waals surface area contributed by atoms with Crippen LogP contribution in [0.5, 0.6) is 0 Å². The molecule has 5 rings (SSSR count). The molecule has 0 unspecified atom stereocenters. The first kappa shape index (κ1) is 18.5. The quantitative estimate of drug-likeness (QED) is 0.857. The molecule has 2 aromatic carbocycles. The van der Waals surface area contributed by atoms with Gasteiger partial charge in [0.2, 0.25) is 0 Å². The molecule has 29 heavy (non-hydrogen) atoms. The van der Waals surface area contributed by atoms with E-state index in [1.165, 1.54) is 41.9 Å². The van der Waals surface area contributed by atoms with Crippen molar-refractivity contribution in [2.45, 2.75) is 38.1 Å². The Hall–Kier alpha value is -2.53. The van der Waals surface area contributed by atoms with Gasteiger partial charge in [0.15, 0.2) is 6.54 Å². The van der Waals surface area contributed by atoms with Crippen LogP contribution < -0.4 is 4.90 Å². The molecule has 2 atom stereocenters. The summed E-state index contributed by atoms with van der Waals surface area (Å²) in [6, 6.07) is 14.8. The van der Waals surface area contributed by atoms with Gasteiger partial charge in [0.1, 0.15) is 5.82 Å². The van der Waals surface area contributed by atoms with Crippen molar-refractivity contribution in [2.75, 3.05) is 19.6 Å². The summed E-state index contributed by atoms with van der Waals surface area (Å²) >= 11 is 0. The summed E-state index contributed by atoms with van der Waals surface area (Å²) < 4.78 is 13.6. The number of nitrogens with zero attached hydrogens (tertiary/aromatic N) is 2. The number of carbonyl (C=O) groups excluding carboxylic acids is 1. The Balaban J connectivity index is 1.50. The molecule has 0 radical (unpaired) electrons. The van der Waals surface area contributed by atoms with E-state index in [4.69, 9.17) is 5.10 Å². The Morgan fingerprint density at radius 1 is 1.07 bits per heavy atom. The number of piperidine rings is 1. The van der Waals surface area contributed by atoms with Crippen molar-refractivity contribution in [3.05, 3.63) is 71.0 Å². The summed E-state index contributed by atoms with van der Waals surface area (Å²) in [5.74, 6) is -0.0104. The smallest absolute Gasteiger partial charge is 0.298 e. The molecule has 4 nitrogen and oxygen atoms in total. The zero-order valence-electron chi connectivity index (χ0n) is 16.6. The maximum Gasteiger partial charge on any atom is 0.298 e. The third kappa shape index (κ3) is 3.48. The molecule has 150 valence electrons. The van der Waals surface area contributed by atoms with Crippen LogP contribution in [0.2, 0.25) is 0 Å². The zero-order chi connectivity index (χ0) is 19.8. The van der Waals surface area contributed by atoms with Crippen LogP contribution in [0.1, 0.15) is 48.4 Å². The molecule has 0 saturated carbocycles. The van der Waals surface area contributed by atoms with E-state index in [1.54, 1.807) is 5.01 Å². The van der Waals surface area contributed by atoms with Crippen molar-refractivity contribution in [2.24, 2.45) is 11.0 Å². The van der Waals surface area contributed by atoms with Crippen LogP contribution >= 0.6 is 0 Å². The van der Waals surface area contributed by atoms with E-state index >= 15 is 0 Å². The molecule has 3 aliphatic rings. The minimum atomic E-state index is -0.252. The van der Waals surface area contributed by atoms with Gasteiger partial charge in [0.05, 0.1) is 24.8 Å². The Morgan fingerprint density at radius 3 is 2.62 bits per heavy atom. The second-order valence-electron chi connectivity index (χ2n) is 8.51. The minimum absolute atomic E-state index is 0.0793. The predicted molar refractivity (Wildman–Crippen MR) is 110 cm³/mol. The molecule has 5 heteroatoms. The van der Waals surface area contributed by atoms with Crippen LogP contribution in [0.25, 0.3) is 0 Å². The van der Waals surface area contributed by atoms with Crippen LogP contribution in [0.4, 0.5) is 4.39 Å². The number of aryl methyl sites for hydroxylation is 1. The number of hydrazone groups is 1. The number of carbonyl (C=O) groups is 1.